The van der Waals surface area contributed by atoms with Gasteiger partial charge >= 0.3 is 0 Å². The van der Waals surface area contributed by atoms with Gasteiger partial charge in [0.15, 0.2) is 0 Å². The van der Waals surface area contributed by atoms with E-state index in [0.717, 1.165) is 5.69 Å². The van der Waals surface area contributed by atoms with E-state index >= 15 is 4.39 Å². The van der Waals surface area contributed by atoms with E-state index in [1.807, 2.05) is 20.8 Å². The summed E-state index contributed by atoms with van der Waals surface area (Å²) in [7, 11) is 0. The van der Waals surface area contributed by atoms with Crippen LogP contribution in [0.4, 0.5) is 10.2 Å². The Hall–Kier alpha value is -2.51. The Morgan fingerprint density at radius 1 is 1.35 bits per heavy atom. The van der Waals surface area contributed by atoms with E-state index in [9.17, 15) is 4.79 Å². The zero-order chi connectivity index (χ0) is 18.7. The van der Waals surface area contributed by atoms with Gasteiger partial charge in [-0.25, -0.2) is 14.4 Å². The topological polar surface area (TPSA) is 75.9 Å². The highest BCUT2D eigenvalue weighted by Gasteiger charge is 2.37. The van der Waals surface area contributed by atoms with E-state index in [1.165, 1.54) is 0 Å². The Morgan fingerprint density at radius 3 is 2.69 bits per heavy atom. The maximum absolute atomic E-state index is 15.1. The molecule has 0 spiro atoms. The molecule has 1 fully saturated rings. The lowest BCUT2D eigenvalue weighted by Crippen LogP contribution is -2.49. The van der Waals surface area contributed by atoms with Crippen LogP contribution < -0.4 is 5.32 Å². The van der Waals surface area contributed by atoms with Gasteiger partial charge in [0.1, 0.15) is 23.4 Å². The normalized spacial score (nSPS) is 17.8. The molecule has 0 aromatic carbocycles. The van der Waals surface area contributed by atoms with Crippen molar-refractivity contribution < 1.29 is 9.18 Å². The third-order valence-electron chi connectivity index (χ3n) is 4.80. The molecule has 0 bridgehead atoms. The second kappa shape index (κ2) is 7.39. The van der Waals surface area contributed by atoms with E-state index in [2.05, 4.69) is 20.4 Å². The number of hydrogen-bond acceptors (Lipinski definition) is 5. The third-order valence-corrected chi connectivity index (χ3v) is 4.80. The number of halogens is 1. The second-order valence-electron chi connectivity index (χ2n) is 6.93. The molecule has 0 saturated carbocycles. The number of piperidine rings is 1. The van der Waals surface area contributed by atoms with Gasteiger partial charge in [0.05, 0.1) is 6.54 Å². The second-order valence-corrected chi connectivity index (χ2v) is 6.93. The van der Waals surface area contributed by atoms with Crippen molar-refractivity contribution in [2.75, 3.05) is 25.0 Å². The molecule has 0 aliphatic carbocycles. The van der Waals surface area contributed by atoms with Crippen molar-refractivity contribution in [1.82, 2.24) is 24.6 Å². The van der Waals surface area contributed by atoms with E-state index in [-0.39, 0.29) is 18.5 Å². The number of anilines is 1. The molecule has 0 radical (unpaired) electrons. The lowest BCUT2D eigenvalue weighted by Gasteiger charge is -2.37. The Kier molecular flexibility index (Phi) is 5.20. The molecule has 1 N–H and O–H groups in total. The monoisotopic (exact) mass is 360 g/mol. The molecule has 7 nitrogen and oxygen atoms in total. The first-order valence-electron chi connectivity index (χ1n) is 8.89. The number of carbonyl (C=O) groups is 1. The largest absolute Gasteiger partial charge is 0.367 e. The lowest BCUT2D eigenvalue weighted by molar-refractivity contribution is -0.137. The van der Waals surface area contributed by atoms with Crippen LogP contribution in [0.2, 0.25) is 0 Å². The molecule has 1 amide bonds. The predicted octanol–water partition coefficient (Wildman–Crippen LogP) is 2.29. The Morgan fingerprint density at radius 2 is 2.08 bits per heavy atom. The van der Waals surface area contributed by atoms with Crippen molar-refractivity contribution in [1.29, 1.82) is 0 Å². The first kappa shape index (κ1) is 18.3. The van der Waals surface area contributed by atoms with Crippen molar-refractivity contribution in [3.8, 4) is 0 Å². The summed E-state index contributed by atoms with van der Waals surface area (Å²) in [5, 5.41) is 7.19. The number of nitrogens with zero attached hydrogens (tertiary/aromatic N) is 5. The summed E-state index contributed by atoms with van der Waals surface area (Å²) in [4.78, 5) is 22.8. The van der Waals surface area contributed by atoms with Crippen LogP contribution in [0.15, 0.2) is 24.5 Å². The van der Waals surface area contributed by atoms with Crippen molar-refractivity contribution in [2.24, 2.45) is 0 Å². The van der Waals surface area contributed by atoms with Gasteiger partial charge in [-0.15, -0.1) is 0 Å². The van der Waals surface area contributed by atoms with Crippen LogP contribution in [0.3, 0.4) is 0 Å². The molecule has 1 atom stereocenters. The zero-order valence-electron chi connectivity index (χ0n) is 15.4. The van der Waals surface area contributed by atoms with Crippen LogP contribution in [-0.4, -0.2) is 55.9 Å². The Balaban J connectivity index is 1.54. The number of carbonyl (C=O) groups excluding carboxylic acids is 1. The highest BCUT2D eigenvalue weighted by molar-refractivity contribution is 5.80. The molecule has 3 rings (SSSR count). The number of aromatic nitrogens is 4. The SMILES string of the molecule is Cc1cc(NCC2(F)CCN(C(=O)C(C)n3cccn3)CC2)nc(C)n1. The third kappa shape index (κ3) is 4.17. The summed E-state index contributed by atoms with van der Waals surface area (Å²) in [5.41, 5.74) is -0.501. The van der Waals surface area contributed by atoms with Crippen LogP contribution in [0, 0.1) is 13.8 Å². The van der Waals surface area contributed by atoms with Crippen LogP contribution in [-0.2, 0) is 4.79 Å². The summed E-state index contributed by atoms with van der Waals surface area (Å²) >= 11 is 0. The van der Waals surface area contributed by atoms with Gasteiger partial charge in [-0.1, -0.05) is 0 Å². The number of nitrogens with one attached hydrogen (secondary N) is 1. The van der Waals surface area contributed by atoms with Gasteiger partial charge in [-0.3, -0.25) is 9.48 Å². The van der Waals surface area contributed by atoms with Gasteiger partial charge in [-0.05, 0) is 26.8 Å². The number of amides is 1. The van der Waals surface area contributed by atoms with Crippen LogP contribution in [0.5, 0.6) is 0 Å². The summed E-state index contributed by atoms with van der Waals surface area (Å²) in [6, 6.07) is 3.22. The number of rotatable bonds is 5. The van der Waals surface area contributed by atoms with Crippen molar-refractivity contribution >= 4 is 11.7 Å². The maximum Gasteiger partial charge on any atom is 0.247 e. The number of likely N-dealkylation sites (tertiary alicyclic amines) is 1. The van der Waals surface area contributed by atoms with Crippen molar-refractivity contribution in [3.05, 3.63) is 36.0 Å². The minimum absolute atomic E-state index is 0.0224. The minimum Gasteiger partial charge on any atom is -0.367 e. The first-order chi connectivity index (χ1) is 12.4. The minimum atomic E-state index is -1.35. The molecule has 26 heavy (non-hydrogen) atoms. The molecule has 2 aromatic heterocycles. The molecule has 140 valence electrons. The van der Waals surface area contributed by atoms with Gasteiger partial charge < -0.3 is 10.2 Å². The van der Waals surface area contributed by atoms with E-state index in [1.54, 1.807) is 34.1 Å². The molecule has 1 aliphatic rings. The summed E-state index contributed by atoms with van der Waals surface area (Å²) in [6.45, 7) is 6.51. The van der Waals surface area contributed by atoms with Gasteiger partial charge in [0, 0.05) is 50.1 Å². The van der Waals surface area contributed by atoms with Gasteiger partial charge in [0.25, 0.3) is 0 Å². The maximum atomic E-state index is 15.1. The highest BCUT2D eigenvalue weighted by atomic mass is 19.1. The van der Waals surface area contributed by atoms with E-state index < -0.39 is 5.67 Å². The Labute approximate surface area is 152 Å². The van der Waals surface area contributed by atoms with Crippen molar-refractivity contribution in [2.45, 2.75) is 45.3 Å². The van der Waals surface area contributed by atoms with Crippen LogP contribution in [0.1, 0.15) is 37.3 Å². The smallest absolute Gasteiger partial charge is 0.247 e. The Bertz CT molecular complexity index is 735. The predicted molar refractivity (Wildman–Crippen MR) is 96.6 cm³/mol. The first-order valence-corrected chi connectivity index (χ1v) is 8.89. The summed E-state index contributed by atoms with van der Waals surface area (Å²) < 4.78 is 16.7. The highest BCUT2D eigenvalue weighted by Crippen LogP contribution is 2.28. The fourth-order valence-corrected chi connectivity index (χ4v) is 3.25. The standard InChI is InChI=1S/C18H25FN6O/c1-13-11-16(23-15(3)22-13)20-12-18(19)5-9-24(10-6-18)17(26)14(2)25-8-4-7-21-25/h4,7-8,11,14H,5-6,9-10,12H2,1-3H3,(H,20,22,23). The zero-order valence-corrected chi connectivity index (χ0v) is 15.4. The molecule has 1 saturated heterocycles. The molecular weight excluding hydrogens is 335 g/mol. The summed E-state index contributed by atoms with van der Waals surface area (Å²) in [6.07, 6.45) is 4.03. The van der Waals surface area contributed by atoms with Crippen molar-refractivity contribution in [3.63, 3.8) is 0 Å². The molecule has 1 aliphatic heterocycles. The molecule has 1 unspecified atom stereocenters. The van der Waals surface area contributed by atoms with E-state index in [4.69, 9.17) is 0 Å². The van der Waals surface area contributed by atoms with Crippen LogP contribution in [0.25, 0.3) is 0 Å². The molecule has 2 aromatic rings. The number of aryl methyl sites for hydroxylation is 2. The molecule has 8 heteroatoms. The van der Waals surface area contributed by atoms with E-state index in [0.29, 0.717) is 37.6 Å². The summed E-state index contributed by atoms with van der Waals surface area (Å²) in [5.74, 6) is 1.28. The molecule has 3 heterocycles. The van der Waals surface area contributed by atoms with Gasteiger partial charge in [0.2, 0.25) is 5.91 Å². The quantitative estimate of drug-likeness (QED) is 0.885. The lowest BCUT2D eigenvalue weighted by atomic mass is 9.93. The van der Waals surface area contributed by atoms with Gasteiger partial charge in [-0.2, -0.15) is 5.10 Å². The molecular formula is C18H25FN6O. The fourth-order valence-electron chi connectivity index (χ4n) is 3.25. The fraction of sp³-hybridized carbons (Fsp3) is 0.556. The number of hydrogen-bond donors (Lipinski definition) is 1. The number of alkyl halides is 1. The average Bonchev–Trinajstić information content (AvgIpc) is 3.13. The average molecular weight is 360 g/mol. The van der Waals surface area contributed by atoms with Crippen LogP contribution >= 0.6 is 0 Å².